The van der Waals surface area contributed by atoms with Gasteiger partial charge in [0.2, 0.25) is 0 Å². The number of benzene rings is 1. The fourth-order valence-corrected chi connectivity index (χ4v) is 2.70. The number of nitrogens with zero attached hydrogens (tertiary/aromatic N) is 1. The van der Waals surface area contributed by atoms with Gasteiger partial charge in [-0.05, 0) is 37.1 Å². The summed E-state index contributed by atoms with van der Waals surface area (Å²) in [5, 5.41) is 9.70. The van der Waals surface area contributed by atoms with Crippen LogP contribution in [0.25, 0.3) is 0 Å². The second-order valence-electron chi connectivity index (χ2n) is 4.83. The number of aliphatic carboxylic acids is 1. The molecule has 5 heteroatoms. The second-order valence-corrected chi connectivity index (χ2v) is 5.24. The van der Waals surface area contributed by atoms with Crippen LogP contribution in [0.2, 0.25) is 5.02 Å². The predicted molar refractivity (Wildman–Crippen MR) is 78.2 cm³/mol. The molecule has 20 heavy (non-hydrogen) atoms. The molecule has 0 aromatic heterocycles. The molecule has 1 N–H and O–H groups in total. The summed E-state index contributed by atoms with van der Waals surface area (Å²) in [6, 6.07) is 5.18. The third-order valence-corrected chi connectivity index (χ3v) is 3.68. The maximum Gasteiger partial charge on any atom is 0.320 e. The van der Waals surface area contributed by atoms with E-state index >= 15 is 0 Å². The standard InChI is InChI=1S/C15H18ClNO3/c1-2-8-20-14-6-5-11(9-12(14)16)10-17-7-3-4-13(17)15(18)19/h2,5-6,9,13H,1,3-4,7-8,10H2,(H,18,19). The highest BCUT2D eigenvalue weighted by Gasteiger charge is 2.30. The Morgan fingerprint density at radius 1 is 1.60 bits per heavy atom. The first-order valence-corrected chi connectivity index (χ1v) is 6.98. The fourth-order valence-electron chi connectivity index (χ4n) is 2.44. The highest BCUT2D eigenvalue weighted by Crippen LogP contribution is 2.27. The summed E-state index contributed by atoms with van der Waals surface area (Å²) in [5.41, 5.74) is 0.995. The van der Waals surface area contributed by atoms with Crippen LogP contribution in [-0.2, 0) is 11.3 Å². The van der Waals surface area contributed by atoms with Gasteiger partial charge in [-0.3, -0.25) is 9.69 Å². The molecule has 0 spiro atoms. The van der Waals surface area contributed by atoms with Crippen molar-refractivity contribution in [1.29, 1.82) is 0 Å². The van der Waals surface area contributed by atoms with E-state index in [2.05, 4.69) is 6.58 Å². The minimum absolute atomic E-state index is 0.384. The predicted octanol–water partition coefficient (Wildman–Crippen LogP) is 2.95. The molecule has 1 aliphatic heterocycles. The lowest BCUT2D eigenvalue weighted by molar-refractivity contribution is -0.142. The summed E-state index contributed by atoms with van der Waals surface area (Å²) in [6.45, 7) is 5.40. The van der Waals surface area contributed by atoms with Crippen molar-refractivity contribution < 1.29 is 14.6 Å². The van der Waals surface area contributed by atoms with Gasteiger partial charge < -0.3 is 9.84 Å². The Bertz CT molecular complexity index is 504. The number of ether oxygens (including phenoxy) is 1. The van der Waals surface area contributed by atoms with E-state index in [9.17, 15) is 4.79 Å². The molecule has 108 valence electrons. The van der Waals surface area contributed by atoms with E-state index in [4.69, 9.17) is 21.4 Å². The van der Waals surface area contributed by atoms with Crippen LogP contribution in [0, 0.1) is 0 Å². The summed E-state index contributed by atoms with van der Waals surface area (Å²) in [5.74, 6) is -0.133. The molecule has 2 rings (SSSR count). The second kappa shape index (κ2) is 6.77. The Labute approximate surface area is 123 Å². The molecule has 1 saturated heterocycles. The number of carbonyl (C=O) groups is 1. The molecule has 0 amide bonds. The van der Waals surface area contributed by atoms with Gasteiger partial charge in [-0.1, -0.05) is 30.3 Å². The van der Waals surface area contributed by atoms with E-state index in [1.807, 2.05) is 23.1 Å². The molecule has 1 aliphatic rings. The quantitative estimate of drug-likeness (QED) is 0.820. The van der Waals surface area contributed by atoms with Gasteiger partial charge in [0.25, 0.3) is 0 Å². The number of carboxylic acid groups (broad SMARTS) is 1. The van der Waals surface area contributed by atoms with Gasteiger partial charge in [0.05, 0.1) is 5.02 Å². The highest BCUT2D eigenvalue weighted by atomic mass is 35.5. The number of likely N-dealkylation sites (tertiary alicyclic amines) is 1. The van der Waals surface area contributed by atoms with Crippen molar-refractivity contribution >= 4 is 17.6 Å². The summed E-state index contributed by atoms with van der Waals surface area (Å²) >= 11 is 6.16. The number of hydrogen-bond acceptors (Lipinski definition) is 3. The zero-order chi connectivity index (χ0) is 14.5. The lowest BCUT2D eigenvalue weighted by atomic mass is 10.1. The first kappa shape index (κ1) is 14.9. The number of carboxylic acids is 1. The van der Waals surface area contributed by atoms with E-state index in [-0.39, 0.29) is 6.04 Å². The average Bonchev–Trinajstić information content (AvgIpc) is 2.86. The smallest absolute Gasteiger partial charge is 0.320 e. The van der Waals surface area contributed by atoms with Crippen LogP contribution in [0.5, 0.6) is 5.75 Å². The van der Waals surface area contributed by atoms with Crippen molar-refractivity contribution in [1.82, 2.24) is 4.90 Å². The van der Waals surface area contributed by atoms with E-state index in [0.717, 1.165) is 18.5 Å². The summed E-state index contributed by atoms with van der Waals surface area (Å²) in [4.78, 5) is 13.1. The van der Waals surface area contributed by atoms with Gasteiger partial charge in [0.1, 0.15) is 18.4 Å². The molecule has 1 fully saturated rings. The van der Waals surface area contributed by atoms with Crippen LogP contribution in [-0.4, -0.2) is 35.2 Å². The first-order chi connectivity index (χ1) is 9.61. The lowest BCUT2D eigenvalue weighted by Gasteiger charge is -2.21. The highest BCUT2D eigenvalue weighted by molar-refractivity contribution is 6.32. The summed E-state index contributed by atoms with van der Waals surface area (Å²) in [7, 11) is 0. The van der Waals surface area contributed by atoms with Gasteiger partial charge >= 0.3 is 5.97 Å². The molecule has 0 saturated carbocycles. The number of hydrogen-bond donors (Lipinski definition) is 1. The van der Waals surface area contributed by atoms with Gasteiger partial charge in [-0.25, -0.2) is 0 Å². The van der Waals surface area contributed by atoms with Crippen LogP contribution in [0.3, 0.4) is 0 Å². The van der Waals surface area contributed by atoms with E-state index in [1.165, 1.54) is 0 Å². The molecule has 1 aromatic carbocycles. The van der Waals surface area contributed by atoms with E-state index < -0.39 is 5.97 Å². The van der Waals surface area contributed by atoms with Crippen LogP contribution >= 0.6 is 11.6 Å². The van der Waals surface area contributed by atoms with E-state index in [0.29, 0.717) is 30.3 Å². The maximum absolute atomic E-state index is 11.1. The molecule has 0 radical (unpaired) electrons. The van der Waals surface area contributed by atoms with Gasteiger partial charge in [-0.15, -0.1) is 0 Å². The third kappa shape index (κ3) is 3.52. The molecule has 0 aliphatic carbocycles. The minimum Gasteiger partial charge on any atom is -0.488 e. The molecule has 1 atom stereocenters. The number of rotatable bonds is 6. The molecule has 1 heterocycles. The van der Waals surface area contributed by atoms with Crippen molar-refractivity contribution in [2.45, 2.75) is 25.4 Å². The Balaban J connectivity index is 2.04. The van der Waals surface area contributed by atoms with Gasteiger partial charge in [-0.2, -0.15) is 0 Å². The normalized spacial score (nSPS) is 18.9. The van der Waals surface area contributed by atoms with Crippen LogP contribution in [0.1, 0.15) is 18.4 Å². The minimum atomic E-state index is -0.750. The molecular weight excluding hydrogens is 278 g/mol. The largest absolute Gasteiger partial charge is 0.488 e. The number of halogens is 1. The zero-order valence-corrected chi connectivity index (χ0v) is 12.0. The summed E-state index contributed by atoms with van der Waals surface area (Å²) < 4.78 is 5.41. The van der Waals surface area contributed by atoms with Crippen molar-refractivity contribution in [2.24, 2.45) is 0 Å². The zero-order valence-electron chi connectivity index (χ0n) is 11.2. The SMILES string of the molecule is C=CCOc1ccc(CN2CCCC2C(=O)O)cc1Cl. The topological polar surface area (TPSA) is 49.8 Å². The third-order valence-electron chi connectivity index (χ3n) is 3.39. The Hall–Kier alpha value is -1.52. The van der Waals surface area contributed by atoms with Crippen molar-refractivity contribution in [3.8, 4) is 5.75 Å². The van der Waals surface area contributed by atoms with Gasteiger partial charge in [0, 0.05) is 6.54 Å². The average molecular weight is 296 g/mol. The Kier molecular flexibility index (Phi) is 5.04. The molecule has 1 unspecified atom stereocenters. The Morgan fingerprint density at radius 2 is 2.40 bits per heavy atom. The fraction of sp³-hybridized carbons (Fsp3) is 0.400. The molecular formula is C15H18ClNO3. The van der Waals surface area contributed by atoms with Crippen molar-refractivity contribution in [3.63, 3.8) is 0 Å². The van der Waals surface area contributed by atoms with Gasteiger partial charge in [0.15, 0.2) is 0 Å². The molecule has 4 nitrogen and oxygen atoms in total. The van der Waals surface area contributed by atoms with Crippen molar-refractivity contribution in [2.75, 3.05) is 13.2 Å². The van der Waals surface area contributed by atoms with E-state index in [1.54, 1.807) is 6.08 Å². The monoisotopic (exact) mass is 295 g/mol. The van der Waals surface area contributed by atoms with Crippen molar-refractivity contribution in [3.05, 3.63) is 41.4 Å². The summed E-state index contributed by atoms with van der Waals surface area (Å²) in [6.07, 6.45) is 3.29. The van der Waals surface area contributed by atoms with Crippen LogP contribution < -0.4 is 4.74 Å². The lowest BCUT2D eigenvalue weighted by Crippen LogP contribution is -2.35. The molecule has 0 bridgehead atoms. The Morgan fingerprint density at radius 3 is 3.05 bits per heavy atom. The molecule has 1 aromatic rings. The first-order valence-electron chi connectivity index (χ1n) is 6.61. The van der Waals surface area contributed by atoms with Crippen LogP contribution in [0.4, 0.5) is 0 Å². The maximum atomic E-state index is 11.1. The van der Waals surface area contributed by atoms with Crippen LogP contribution in [0.15, 0.2) is 30.9 Å².